The quantitative estimate of drug-likeness (QED) is 0.732. The second-order valence-electron chi connectivity index (χ2n) is 5.18. The van der Waals surface area contributed by atoms with E-state index in [1.54, 1.807) is 4.90 Å². The molecule has 0 unspecified atom stereocenters. The molecule has 2 amide bonds. The van der Waals surface area contributed by atoms with Gasteiger partial charge in [-0.25, -0.2) is 4.79 Å². The molecule has 0 aromatic carbocycles. The standard InChI is InChI=1S/C11H20N2O3/c1-7-9(12-8(2)14)6-13(7)10(15)16-11(3,4)5/h7,9H,6H2,1-5H3,(H,12,14)/t7-,9+/m1/s1. The van der Waals surface area contributed by atoms with E-state index in [4.69, 9.17) is 4.74 Å². The zero-order chi connectivity index (χ0) is 12.5. The highest BCUT2D eigenvalue weighted by Gasteiger charge is 2.41. The molecule has 0 bridgehead atoms. The van der Waals surface area contributed by atoms with Crippen LogP contribution in [0.3, 0.4) is 0 Å². The van der Waals surface area contributed by atoms with Crippen LogP contribution in [-0.2, 0) is 9.53 Å². The molecular formula is C11H20N2O3. The second-order valence-corrected chi connectivity index (χ2v) is 5.18. The molecule has 1 N–H and O–H groups in total. The molecule has 0 radical (unpaired) electrons. The maximum atomic E-state index is 11.7. The van der Waals surface area contributed by atoms with Crippen LogP contribution in [0.2, 0.25) is 0 Å². The number of carbonyl (C=O) groups is 2. The molecule has 0 aromatic heterocycles. The largest absolute Gasteiger partial charge is 0.444 e. The SMILES string of the molecule is CC(=O)N[C@H]1CN(C(=O)OC(C)(C)C)[C@@H]1C. The molecule has 92 valence electrons. The summed E-state index contributed by atoms with van der Waals surface area (Å²) in [4.78, 5) is 24.1. The fourth-order valence-corrected chi connectivity index (χ4v) is 1.60. The van der Waals surface area contributed by atoms with Gasteiger partial charge < -0.3 is 15.0 Å². The number of amides is 2. The lowest BCUT2D eigenvalue weighted by Crippen LogP contribution is -2.67. The Kier molecular flexibility index (Phi) is 3.45. The van der Waals surface area contributed by atoms with Crippen LogP contribution in [0.15, 0.2) is 0 Å². The first-order valence-corrected chi connectivity index (χ1v) is 5.47. The molecule has 5 nitrogen and oxygen atoms in total. The van der Waals surface area contributed by atoms with Gasteiger partial charge in [0, 0.05) is 13.5 Å². The third-order valence-corrected chi connectivity index (χ3v) is 2.48. The van der Waals surface area contributed by atoms with Gasteiger partial charge in [-0.15, -0.1) is 0 Å². The van der Waals surface area contributed by atoms with E-state index >= 15 is 0 Å². The average molecular weight is 228 g/mol. The molecule has 1 aliphatic rings. The van der Waals surface area contributed by atoms with Crippen LogP contribution < -0.4 is 5.32 Å². The van der Waals surface area contributed by atoms with Crippen molar-refractivity contribution >= 4 is 12.0 Å². The number of hydrogen-bond acceptors (Lipinski definition) is 3. The van der Waals surface area contributed by atoms with Crippen molar-refractivity contribution in [3.05, 3.63) is 0 Å². The normalized spacial score (nSPS) is 24.7. The molecule has 0 saturated carbocycles. The van der Waals surface area contributed by atoms with Crippen LogP contribution in [0.4, 0.5) is 4.79 Å². The third-order valence-electron chi connectivity index (χ3n) is 2.48. The molecule has 1 saturated heterocycles. The molecule has 1 rings (SSSR count). The molecular weight excluding hydrogens is 208 g/mol. The number of carbonyl (C=O) groups excluding carboxylic acids is 2. The number of nitrogens with one attached hydrogen (secondary N) is 1. The molecule has 1 heterocycles. The average Bonchev–Trinajstić information content (AvgIpc) is 2.07. The van der Waals surface area contributed by atoms with Crippen LogP contribution in [-0.4, -0.2) is 41.1 Å². The first kappa shape index (κ1) is 12.8. The Morgan fingerprint density at radius 3 is 2.31 bits per heavy atom. The summed E-state index contributed by atoms with van der Waals surface area (Å²) < 4.78 is 5.24. The van der Waals surface area contributed by atoms with Crippen LogP contribution in [0.25, 0.3) is 0 Å². The Bertz CT molecular complexity index is 296. The Balaban J connectivity index is 2.43. The molecule has 0 spiro atoms. The topological polar surface area (TPSA) is 58.6 Å². The Hall–Kier alpha value is -1.26. The summed E-state index contributed by atoms with van der Waals surface area (Å²) in [5.41, 5.74) is -0.476. The van der Waals surface area contributed by atoms with Crippen molar-refractivity contribution in [2.24, 2.45) is 0 Å². The minimum absolute atomic E-state index is 0.00116. The summed E-state index contributed by atoms with van der Waals surface area (Å²) >= 11 is 0. The summed E-state index contributed by atoms with van der Waals surface area (Å²) in [6.07, 6.45) is -0.318. The van der Waals surface area contributed by atoms with E-state index in [-0.39, 0.29) is 24.1 Å². The van der Waals surface area contributed by atoms with E-state index in [0.29, 0.717) is 6.54 Å². The molecule has 0 aliphatic carbocycles. The lowest BCUT2D eigenvalue weighted by atomic mass is 9.99. The van der Waals surface area contributed by atoms with E-state index < -0.39 is 5.60 Å². The number of hydrogen-bond donors (Lipinski definition) is 1. The van der Waals surface area contributed by atoms with Gasteiger partial charge in [0.25, 0.3) is 0 Å². The number of likely N-dealkylation sites (tertiary alicyclic amines) is 1. The van der Waals surface area contributed by atoms with Crippen LogP contribution in [0, 0.1) is 0 Å². The van der Waals surface area contributed by atoms with Crippen LogP contribution in [0.5, 0.6) is 0 Å². The predicted molar refractivity (Wildman–Crippen MR) is 60.0 cm³/mol. The lowest BCUT2D eigenvalue weighted by molar-refractivity contribution is -0.121. The summed E-state index contributed by atoms with van der Waals surface area (Å²) in [6.45, 7) is 9.40. The summed E-state index contributed by atoms with van der Waals surface area (Å²) in [5.74, 6) is -0.0688. The summed E-state index contributed by atoms with van der Waals surface area (Å²) in [7, 11) is 0. The van der Waals surface area contributed by atoms with Crippen molar-refractivity contribution in [3.63, 3.8) is 0 Å². The minimum atomic E-state index is -0.476. The van der Waals surface area contributed by atoms with Gasteiger partial charge in [-0.2, -0.15) is 0 Å². The highest BCUT2D eigenvalue weighted by Crippen LogP contribution is 2.21. The first-order valence-electron chi connectivity index (χ1n) is 5.47. The van der Waals surface area contributed by atoms with Gasteiger partial charge in [0.05, 0.1) is 12.1 Å². The maximum absolute atomic E-state index is 11.7. The van der Waals surface area contributed by atoms with E-state index in [2.05, 4.69) is 5.32 Å². The smallest absolute Gasteiger partial charge is 0.410 e. The van der Waals surface area contributed by atoms with Crippen LogP contribution >= 0.6 is 0 Å². The highest BCUT2D eigenvalue weighted by molar-refractivity contribution is 5.75. The molecule has 2 atom stereocenters. The van der Waals surface area contributed by atoms with Crippen LogP contribution in [0.1, 0.15) is 34.6 Å². The van der Waals surface area contributed by atoms with Gasteiger partial charge in [0.1, 0.15) is 5.60 Å². The zero-order valence-electron chi connectivity index (χ0n) is 10.5. The van der Waals surface area contributed by atoms with Gasteiger partial charge in [-0.05, 0) is 27.7 Å². The Morgan fingerprint density at radius 2 is 1.94 bits per heavy atom. The molecule has 1 aliphatic heterocycles. The van der Waals surface area contributed by atoms with E-state index in [9.17, 15) is 9.59 Å². The number of rotatable bonds is 1. The van der Waals surface area contributed by atoms with E-state index in [0.717, 1.165) is 0 Å². The van der Waals surface area contributed by atoms with Gasteiger partial charge in [0.2, 0.25) is 5.91 Å². The van der Waals surface area contributed by atoms with Crippen molar-refractivity contribution in [3.8, 4) is 0 Å². The lowest BCUT2D eigenvalue weighted by Gasteiger charge is -2.46. The Morgan fingerprint density at radius 1 is 1.38 bits per heavy atom. The van der Waals surface area contributed by atoms with Crippen molar-refractivity contribution < 1.29 is 14.3 Å². The fourth-order valence-electron chi connectivity index (χ4n) is 1.60. The van der Waals surface area contributed by atoms with Gasteiger partial charge in [-0.1, -0.05) is 0 Å². The summed E-state index contributed by atoms with van der Waals surface area (Å²) in [5, 5.41) is 2.79. The van der Waals surface area contributed by atoms with Gasteiger partial charge in [-0.3, -0.25) is 4.79 Å². The second kappa shape index (κ2) is 4.31. The predicted octanol–water partition coefficient (Wildman–Crippen LogP) is 1.13. The third kappa shape index (κ3) is 3.12. The molecule has 5 heteroatoms. The molecule has 1 fully saturated rings. The molecule has 16 heavy (non-hydrogen) atoms. The monoisotopic (exact) mass is 228 g/mol. The Labute approximate surface area is 96.1 Å². The van der Waals surface area contributed by atoms with Crippen molar-refractivity contribution in [2.45, 2.75) is 52.3 Å². The molecule has 0 aromatic rings. The first-order chi connectivity index (χ1) is 7.20. The summed E-state index contributed by atoms with van der Waals surface area (Å²) in [6, 6.07) is 0.0452. The number of nitrogens with zero attached hydrogens (tertiary/aromatic N) is 1. The van der Waals surface area contributed by atoms with Gasteiger partial charge >= 0.3 is 6.09 Å². The van der Waals surface area contributed by atoms with Crippen molar-refractivity contribution in [2.75, 3.05) is 6.54 Å². The number of ether oxygens (including phenoxy) is 1. The minimum Gasteiger partial charge on any atom is -0.444 e. The van der Waals surface area contributed by atoms with E-state index in [1.807, 2.05) is 27.7 Å². The van der Waals surface area contributed by atoms with E-state index in [1.165, 1.54) is 6.92 Å². The van der Waals surface area contributed by atoms with Crippen molar-refractivity contribution in [1.29, 1.82) is 0 Å². The highest BCUT2D eigenvalue weighted by atomic mass is 16.6. The zero-order valence-corrected chi connectivity index (χ0v) is 10.5. The fraction of sp³-hybridized carbons (Fsp3) is 0.818. The van der Waals surface area contributed by atoms with Gasteiger partial charge in [0.15, 0.2) is 0 Å². The van der Waals surface area contributed by atoms with Crippen molar-refractivity contribution in [1.82, 2.24) is 10.2 Å². The maximum Gasteiger partial charge on any atom is 0.410 e.